The third-order valence-electron chi connectivity index (χ3n) is 4.24. The van der Waals surface area contributed by atoms with Crippen LogP contribution in [0.1, 0.15) is 18.4 Å². The number of piperidine rings is 1. The van der Waals surface area contributed by atoms with Crippen LogP contribution in [0.3, 0.4) is 0 Å². The van der Waals surface area contributed by atoms with E-state index in [1.54, 1.807) is 6.07 Å². The molecule has 1 aliphatic heterocycles. The van der Waals surface area contributed by atoms with Gasteiger partial charge in [-0.1, -0.05) is 12.1 Å². The molecule has 1 fully saturated rings. The van der Waals surface area contributed by atoms with Gasteiger partial charge in [0.05, 0.1) is 0 Å². The van der Waals surface area contributed by atoms with Crippen LogP contribution in [0.5, 0.6) is 5.75 Å². The maximum Gasteiger partial charge on any atom is 0.115 e. The lowest BCUT2D eigenvalue weighted by Gasteiger charge is -2.32. The number of likely N-dealkylation sites (N-methyl/N-ethyl adjacent to an activating group) is 1. The summed E-state index contributed by atoms with van der Waals surface area (Å²) in [6.45, 7) is 6.72. The van der Waals surface area contributed by atoms with Crippen molar-refractivity contribution in [2.45, 2.75) is 19.4 Å². The zero-order valence-electron chi connectivity index (χ0n) is 13.4. The standard InChI is InChI=1S/C17H29N3O/c1-19(2)10-11-20-8-6-15(7-9-20)13-18-14-16-4-3-5-17(21)12-16/h3-5,12,15,18,21H,6-11,13-14H2,1-2H3. The Labute approximate surface area is 128 Å². The van der Waals surface area contributed by atoms with E-state index in [2.05, 4.69) is 35.3 Å². The molecule has 0 unspecified atom stereocenters. The van der Waals surface area contributed by atoms with Gasteiger partial charge in [-0.15, -0.1) is 0 Å². The zero-order valence-corrected chi connectivity index (χ0v) is 13.4. The Kier molecular flexibility index (Phi) is 6.49. The van der Waals surface area contributed by atoms with Crippen molar-refractivity contribution in [2.24, 2.45) is 5.92 Å². The van der Waals surface area contributed by atoms with E-state index in [-0.39, 0.29) is 0 Å². The van der Waals surface area contributed by atoms with Gasteiger partial charge in [0.2, 0.25) is 0 Å². The fourth-order valence-electron chi connectivity index (χ4n) is 2.84. The Bertz CT molecular complexity index is 414. The highest BCUT2D eigenvalue weighted by atomic mass is 16.3. The van der Waals surface area contributed by atoms with Crippen LogP contribution in [0.25, 0.3) is 0 Å². The van der Waals surface area contributed by atoms with Crippen molar-refractivity contribution in [2.75, 3.05) is 46.8 Å². The average molecular weight is 291 g/mol. The summed E-state index contributed by atoms with van der Waals surface area (Å²) < 4.78 is 0. The number of rotatable bonds is 7. The molecule has 4 heteroatoms. The van der Waals surface area contributed by atoms with Gasteiger partial charge in [-0.3, -0.25) is 0 Å². The molecule has 2 N–H and O–H groups in total. The third-order valence-corrected chi connectivity index (χ3v) is 4.24. The van der Waals surface area contributed by atoms with Gasteiger partial charge in [0, 0.05) is 19.6 Å². The first-order chi connectivity index (χ1) is 10.1. The average Bonchev–Trinajstić information content (AvgIpc) is 2.46. The van der Waals surface area contributed by atoms with Gasteiger partial charge in [-0.2, -0.15) is 0 Å². The van der Waals surface area contributed by atoms with Crippen LogP contribution in [0.15, 0.2) is 24.3 Å². The number of benzene rings is 1. The molecule has 1 aromatic carbocycles. The molecule has 118 valence electrons. The van der Waals surface area contributed by atoms with E-state index < -0.39 is 0 Å². The molecule has 21 heavy (non-hydrogen) atoms. The van der Waals surface area contributed by atoms with Gasteiger partial charge in [0.15, 0.2) is 0 Å². The first-order valence-corrected chi connectivity index (χ1v) is 7.99. The number of hydrogen-bond acceptors (Lipinski definition) is 4. The van der Waals surface area contributed by atoms with Crippen LogP contribution in [0.2, 0.25) is 0 Å². The topological polar surface area (TPSA) is 38.7 Å². The molecule has 0 atom stereocenters. The molecule has 0 aromatic heterocycles. The molecule has 0 saturated carbocycles. The van der Waals surface area contributed by atoms with Crippen LogP contribution in [0, 0.1) is 5.92 Å². The summed E-state index contributed by atoms with van der Waals surface area (Å²) in [5, 5.41) is 13.0. The number of hydrogen-bond donors (Lipinski definition) is 2. The lowest BCUT2D eigenvalue weighted by Crippen LogP contribution is -2.40. The summed E-state index contributed by atoms with van der Waals surface area (Å²) in [4.78, 5) is 4.83. The second kappa shape index (κ2) is 8.37. The molecular formula is C17H29N3O. The van der Waals surface area contributed by atoms with Crippen molar-refractivity contribution in [1.29, 1.82) is 0 Å². The predicted molar refractivity (Wildman–Crippen MR) is 87.5 cm³/mol. The molecule has 0 amide bonds. The van der Waals surface area contributed by atoms with Crippen molar-refractivity contribution < 1.29 is 5.11 Å². The Hall–Kier alpha value is -1.10. The molecule has 1 heterocycles. The molecule has 0 radical (unpaired) electrons. The minimum atomic E-state index is 0.350. The minimum absolute atomic E-state index is 0.350. The van der Waals surface area contributed by atoms with Gasteiger partial charge in [0.1, 0.15) is 5.75 Å². The summed E-state index contributed by atoms with van der Waals surface area (Å²) >= 11 is 0. The molecule has 2 rings (SSSR count). The molecule has 0 bridgehead atoms. The van der Waals surface area contributed by atoms with Crippen molar-refractivity contribution in [1.82, 2.24) is 15.1 Å². The van der Waals surface area contributed by atoms with Crippen LogP contribution in [-0.2, 0) is 6.54 Å². The van der Waals surface area contributed by atoms with Crippen molar-refractivity contribution >= 4 is 0 Å². The van der Waals surface area contributed by atoms with Gasteiger partial charge in [-0.25, -0.2) is 0 Å². The fraction of sp³-hybridized carbons (Fsp3) is 0.647. The number of phenols is 1. The Morgan fingerprint density at radius 2 is 2.05 bits per heavy atom. The van der Waals surface area contributed by atoms with Crippen molar-refractivity contribution in [3.63, 3.8) is 0 Å². The number of nitrogens with zero attached hydrogens (tertiary/aromatic N) is 2. The first kappa shape index (κ1) is 16.3. The molecule has 1 aliphatic rings. The monoisotopic (exact) mass is 291 g/mol. The van der Waals surface area contributed by atoms with E-state index >= 15 is 0 Å². The second-order valence-corrected chi connectivity index (χ2v) is 6.39. The number of likely N-dealkylation sites (tertiary alicyclic amines) is 1. The fourth-order valence-corrected chi connectivity index (χ4v) is 2.84. The van der Waals surface area contributed by atoms with E-state index in [1.165, 1.54) is 32.5 Å². The normalized spacial score (nSPS) is 17.5. The van der Waals surface area contributed by atoms with Gasteiger partial charge in [-0.05, 0) is 70.2 Å². The van der Waals surface area contributed by atoms with Crippen LogP contribution in [0.4, 0.5) is 0 Å². The Morgan fingerprint density at radius 3 is 2.71 bits per heavy atom. The van der Waals surface area contributed by atoms with E-state index in [0.29, 0.717) is 5.75 Å². The quantitative estimate of drug-likeness (QED) is 0.803. The Balaban J connectivity index is 1.60. The maximum absolute atomic E-state index is 9.44. The van der Waals surface area contributed by atoms with Crippen LogP contribution in [-0.4, -0.2) is 61.7 Å². The summed E-state index contributed by atoms with van der Waals surface area (Å²) in [7, 11) is 4.27. The van der Waals surface area contributed by atoms with Crippen molar-refractivity contribution in [3.8, 4) is 5.75 Å². The third kappa shape index (κ3) is 6.04. The molecule has 0 spiro atoms. The maximum atomic E-state index is 9.44. The van der Waals surface area contributed by atoms with Gasteiger partial charge >= 0.3 is 0 Å². The van der Waals surface area contributed by atoms with E-state index in [0.717, 1.165) is 31.1 Å². The smallest absolute Gasteiger partial charge is 0.115 e. The molecular weight excluding hydrogens is 262 g/mol. The van der Waals surface area contributed by atoms with Crippen LogP contribution < -0.4 is 5.32 Å². The molecule has 0 aliphatic carbocycles. The first-order valence-electron chi connectivity index (χ1n) is 7.99. The summed E-state index contributed by atoms with van der Waals surface area (Å²) in [6, 6.07) is 7.50. The van der Waals surface area contributed by atoms with E-state index in [4.69, 9.17) is 0 Å². The summed E-state index contributed by atoms with van der Waals surface area (Å²) in [6.07, 6.45) is 2.58. The molecule has 4 nitrogen and oxygen atoms in total. The lowest BCUT2D eigenvalue weighted by atomic mass is 9.96. The van der Waals surface area contributed by atoms with Crippen molar-refractivity contribution in [3.05, 3.63) is 29.8 Å². The Morgan fingerprint density at radius 1 is 1.29 bits per heavy atom. The predicted octanol–water partition coefficient (Wildman–Crippen LogP) is 1.76. The van der Waals surface area contributed by atoms with Crippen LogP contribution >= 0.6 is 0 Å². The number of phenolic OH excluding ortho intramolecular Hbond substituents is 1. The molecule has 1 aromatic rings. The summed E-state index contributed by atoms with van der Waals surface area (Å²) in [5.41, 5.74) is 1.15. The lowest BCUT2D eigenvalue weighted by molar-refractivity contribution is 0.169. The highest BCUT2D eigenvalue weighted by Gasteiger charge is 2.18. The van der Waals surface area contributed by atoms with E-state index in [9.17, 15) is 5.11 Å². The zero-order chi connectivity index (χ0) is 15.1. The SMILES string of the molecule is CN(C)CCN1CCC(CNCc2cccc(O)c2)CC1. The van der Waals surface area contributed by atoms with Gasteiger partial charge in [0.25, 0.3) is 0 Å². The highest BCUT2D eigenvalue weighted by molar-refractivity contribution is 5.26. The highest BCUT2D eigenvalue weighted by Crippen LogP contribution is 2.16. The largest absolute Gasteiger partial charge is 0.508 e. The minimum Gasteiger partial charge on any atom is -0.508 e. The number of nitrogens with one attached hydrogen (secondary N) is 1. The second-order valence-electron chi connectivity index (χ2n) is 6.39. The summed E-state index contributed by atoms with van der Waals surface area (Å²) in [5.74, 6) is 1.14. The van der Waals surface area contributed by atoms with Gasteiger partial charge < -0.3 is 20.2 Å². The number of aromatic hydroxyl groups is 1. The van der Waals surface area contributed by atoms with E-state index in [1.807, 2.05) is 12.1 Å². The molecule has 1 saturated heterocycles.